The monoisotopic (exact) mass is 367 g/mol. The minimum Gasteiger partial charge on any atom is -0.336 e. The van der Waals surface area contributed by atoms with E-state index in [0.717, 1.165) is 37.7 Å². The largest absolute Gasteiger partial charge is 0.336 e. The van der Waals surface area contributed by atoms with Crippen LogP contribution in [-0.2, 0) is 14.6 Å². The fourth-order valence-electron chi connectivity index (χ4n) is 3.34. The van der Waals surface area contributed by atoms with Gasteiger partial charge < -0.3 is 4.90 Å². The van der Waals surface area contributed by atoms with Crippen molar-refractivity contribution in [2.75, 3.05) is 13.1 Å². The molecule has 0 unspecified atom stereocenters. The van der Waals surface area contributed by atoms with Gasteiger partial charge in [-0.3, -0.25) is 4.79 Å². The van der Waals surface area contributed by atoms with Crippen LogP contribution in [0, 0.1) is 0 Å². The number of rotatable bonds is 4. The molecule has 2 fully saturated rings. The van der Waals surface area contributed by atoms with E-state index in [4.69, 9.17) is 11.6 Å². The summed E-state index contributed by atoms with van der Waals surface area (Å²) in [7, 11) is -3.10. The normalized spacial score (nSPS) is 20.3. The van der Waals surface area contributed by atoms with Gasteiger partial charge in [0.1, 0.15) is 0 Å². The van der Waals surface area contributed by atoms with Crippen molar-refractivity contribution in [3.05, 3.63) is 40.9 Å². The molecule has 0 spiro atoms. The Bertz CT molecular complexity index is 715. The van der Waals surface area contributed by atoms with E-state index in [2.05, 4.69) is 0 Å². The van der Waals surface area contributed by atoms with Gasteiger partial charge in [-0.2, -0.15) is 0 Å². The molecule has 0 aromatic heterocycles. The minimum absolute atomic E-state index is 0.139. The van der Waals surface area contributed by atoms with Crippen LogP contribution < -0.4 is 0 Å². The first-order valence-electron chi connectivity index (χ1n) is 8.42. The van der Waals surface area contributed by atoms with E-state index in [1.165, 1.54) is 6.08 Å². The molecule has 1 heterocycles. The summed E-state index contributed by atoms with van der Waals surface area (Å²) in [6.45, 7) is 0.644. The first-order valence-corrected chi connectivity index (χ1v) is 10.4. The minimum atomic E-state index is -3.10. The summed E-state index contributed by atoms with van der Waals surface area (Å²) in [6, 6.07) is 7.20. The van der Waals surface area contributed by atoms with E-state index < -0.39 is 9.84 Å². The van der Waals surface area contributed by atoms with Gasteiger partial charge in [-0.15, -0.1) is 0 Å². The smallest absolute Gasteiger partial charge is 0.246 e. The Labute approximate surface area is 148 Å². The molecule has 1 saturated heterocycles. The highest BCUT2D eigenvalue weighted by atomic mass is 35.5. The molecular formula is C18H22ClNO3S. The second-order valence-corrected chi connectivity index (χ2v) is 9.55. The Hall–Kier alpha value is -1.33. The summed E-state index contributed by atoms with van der Waals surface area (Å²) < 4.78 is 25.2. The van der Waals surface area contributed by atoms with Gasteiger partial charge in [-0.05, 0) is 36.6 Å². The number of hydrogen-bond donors (Lipinski definition) is 0. The van der Waals surface area contributed by atoms with Gasteiger partial charge in [0, 0.05) is 24.2 Å². The topological polar surface area (TPSA) is 54.5 Å². The Morgan fingerprint density at radius 1 is 1.04 bits per heavy atom. The molecule has 1 saturated carbocycles. The standard InChI is InChI=1S/C18H22ClNO3S/c19-15-9-6-14(7-10-15)8-11-18(21)20-12-17(13-20)24(22,23)16-4-2-1-3-5-16/h6-11,16-17H,1-5,12-13H2/b11-8+. The maximum Gasteiger partial charge on any atom is 0.246 e. The van der Waals surface area contributed by atoms with Gasteiger partial charge in [-0.25, -0.2) is 8.42 Å². The van der Waals surface area contributed by atoms with Crippen molar-refractivity contribution in [3.63, 3.8) is 0 Å². The Morgan fingerprint density at radius 2 is 1.67 bits per heavy atom. The van der Waals surface area contributed by atoms with E-state index in [1.54, 1.807) is 23.1 Å². The number of nitrogens with zero attached hydrogens (tertiary/aromatic N) is 1. The number of hydrogen-bond acceptors (Lipinski definition) is 3. The molecule has 0 N–H and O–H groups in total. The summed E-state index contributed by atoms with van der Waals surface area (Å²) in [5.41, 5.74) is 0.889. The average molecular weight is 368 g/mol. The second-order valence-electron chi connectivity index (χ2n) is 6.60. The van der Waals surface area contributed by atoms with Crippen molar-refractivity contribution in [2.45, 2.75) is 42.6 Å². The Balaban J connectivity index is 1.53. The van der Waals surface area contributed by atoms with Gasteiger partial charge >= 0.3 is 0 Å². The summed E-state index contributed by atoms with van der Waals surface area (Å²) in [6.07, 6.45) is 7.92. The molecule has 6 heteroatoms. The lowest BCUT2D eigenvalue weighted by molar-refractivity contribution is -0.128. The van der Waals surface area contributed by atoms with Crippen LogP contribution in [0.4, 0.5) is 0 Å². The Kier molecular flexibility index (Phi) is 5.30. The third-order valence-electron chi connectivity index (χ3n) is 4.93. The van der Waals surface area contributed by atoms with Gasteiger partial charge in [0.25, 0.3) is 0 Å². The van der Waals surface area contributed by atoms with Crippen molar-refractivity contribution in [1.29, 1.82) is 0 Å². The van der Waals surface area contributed by atoms with Gasteiger partial charge in [0.2, 0.25) is 5.91 Å². The highest BCUT2D eigenvalue weighted by molar-refractivity contribution is 7.92. The maximum atomic E-state index is 12.6. The van der Waals surface area contributed by atoms with E-state index in [0.29, 0.717) is 18.1 Å². The number of benzene rings is 1. The van der Waals surface area contributed by atoms with Gasteiger partial charge in [0.15, 0.2) is 9.84 Å². The maximum absolute atomic E-state index is 12.6. The molecule has 3 rings (SSSR count). The lowest BCUT2D eigenvalue weighted by atomic mass is 10.0. The number of likely N-dealkylation sites (tertiary alicyclic amines) is 1. The molecule has 0 atom stereocenters. The third-order valence-corrected chi connectivity index (χ3v) is 7.81. The number of sulfone groups is 1. The molecule has 130 valence electrons. The number of amides is 1. The molecular weight excluding hydrogens is 346 g/mol. The fourth-order valence-corrected chi connectivity index (χ4v) is 5.77. The molecule has 1 aliphatic carbocycles. The quantitative estimate of drug-likeness (QED) is 0.767. The van der Waals surface area contributed by atoms with Crippen LogP contribution in [-0.4, -0.2) is 42.8 Å². The molecule has 4 nitrogen and oxygen atoms in total. The molecule has 0 radical (unpaired) electrons. The number of halogens is 1. The van der Waals surface area contributed by atoms with Crippen LogP contribution in [0.15, 0.2) is 30.3 Å². The summed E-state index contributed by atoms with van der Waals surface area (Å²) in [5, 5.41) is 0.0728. The van der Waals surface area contributed by atoms with E-state index in [1.807, 2.05) is 12.1 Å². The first kappa shape index (κ1) is 17.5. The zero-order valence-electron chi connectivity index (χ0n) is 13.5. The average Bonchev–Trinajstić information content (AvgIpc) is 2.53. The molecule has 0 bridgehead atoms. The number of carbonyl (C=O) groups is 1. The second kappa shape index (κ2) is 7.28. The van der Waals surface area contributed by atoms with Crippen molar-refractivity contribution >= 4 is 33.4 Å². The van der Waals surface area contributed by atoms with E-state index in [-0.39, 0.29) is 16.4 Å². The lowest BCUT2D eigenvalue weighted by Crippen LogP contribution is -2.58. The zero-order chi connectivity index (χ0) is 17.2. The van der Waals surface area contributed by atoms with Crippen molar-refractivity contribution in [3.8, 4) is 0 Å². The summed E-state index contributed by atoms with van der Waals surface area (Å²) in [5.74, 6) is -0.139. The van der Waals surface area contributed by atoms with Gasteiger partial charge in [0.05, 0.1) is 10.5 Å². The molecule has 1 aromatic rings. The fraction of sp³-hybridized carbons (Fsp3) is 0.500. The van der Waals surface area contributed by atoms with Crippen LogP contribution in [0.5, 0.6) is 0 Å². The van der Waals surface area contributed by atoms with Crippen molar-refractivity contribution < 1.29 is 13.2 Å². The predicted molar refractivity (Wildman–Crippen MR) is 96.6 cm³/mol. The molecule has 1 aliphatic heterocycles. The van der Waals surface area contributed by atoms with E-state index in [9.17, 15) is 13.2 Å². The van der Waals surface area contributed by atoms with Crippen LogP contribution in [0.2, 0.25) is 5.02 Å². The molecule has 2 aliphatic rings. The zero-order valence-corrected chi connectivity index (χ0v) is 15.1. The highest BCUT2D eigenvalue weighted by Crippen LogP contribution is 2.29. The van der Waals surface area contributed by atoms with Crippen LogP contribution in [0.1, 0.15) is 37.7 Å². The van der Waals surface area contributed by atoms with Crippen LogP contribution >= 0.6 is 11.6 Å². The highest BCUT2D eigenvalue weighted by Gasteiger charge is 2.43. The van der Waals surface area contributed by atoms with Crippen molar-refractivity contribution in [1.82, 2.24) is 4.90 Å². The summed E-state index contributed by atoms with van der Waals surface area (Å²) >= 11 is 5.82. The Morgan fingerprint density at radius 3 is 2.29 bits per heavy atom. The van der Waals surface area contributed by atoms with E-state index >= 15 is 0 Å². The SMILES string of the molecule is O=C(/C=C/c1ccc(Cl)cc1)N1CC(S(=O)(=O)C2CCCCC2)C1. The lowest BCUT2D eigenvalue weighted by Gasteiger charge is -2.40. The van der Waals surface area contributed by atoms with Crippen LogP contribution in [0.25, 0.3) is 6.08 Å². The number of carbonyl (C=O) groups excluding carboxylic acids is 1. The summed E-state index contributed by atoms with van der Waals surface area (Å²) in [4.78, 5) is 13.7. The molecule has 24 heavy (non-hydrogen) atoms. The molecule has 1 aromatic carbocycles. The molecule has 1 amide bonds. The predicted octanol–water partition coefficient (Wildman–Crippen LogP) is 3.31. The van der Waals surface area contributed by atoms with Crippen molar-refractivity contribution in [2.24, 2.45) is 0 Å². The van der Waals surface area contributed by atoms with Gasteiger partial charge in [-0.1, -0.05) is 43.0 Å². The van der Waals surface area contributed by atoms with Crippen LogP contribution in [0.3, 0.4) is 0 Å². The third kappa shape index (κ3) is 3.83. The first-order chi connectivity index (χ1) is 11.5.